The highest BCUT2D eigenvalue weighted by atomic mass is 35.5. The Bertz CT molecular complexity index is 688. The third-order valence-electron chi connectivity index (χ3n) is 4.16. The molecule has 0 bridgehead atoms. The SMILES string of the molecule is O=C(NCC1CCCCC1O)c1cnn(-c2cccc(Cl)c2)n1. The summed E-state index contributed by atoms with van der Waals surface area (Å²) in [6.07, 6.45) is 5.00. The molecular formula is C16H19ClN4O2. The Labute approximate surface area is 139 Å². The van der Waals surface area contributed by atoms with E-state index in [1.54, 1.807) is 18.2 Å². The summed E-state index contributed by atoms with van der Waals surface area (Å²) in [4.78, 5) is 13.5. The summed E-state index contributed by atoms with van der Waals surface area (Å²) in [7, 11) is 0. The van der Waals surface area contributed by atoms with E-state index in [9.17, 15) is 9.90 Å². The third-order valence-corrected chi connectivity index (χ3v) is 4.39. The van der Waals surface area contributed by atoms with Gasteiger partial charge in [0.05, 0.1) is 18.0 Å². The molecule has 1 heterocycles. The zero-order chi connectivity index (χ0) is 16.2. The number of amides is 1. The Morgan fingerprint density at radius 3 is 3.00 bits per heavy atom. The van der Waals surface area contributed by atoms with E-state index in [0.29, 0.717) is 17.3 Å². The smallest absolute Gasteiger partial charge is 0.273 e. The molecule has 1 aromatic heterocycles. The molecule has 122 valence electrons. The van der Waals surface area contributed by atoms with Gasteiger partial charge in [-0.1, -0.05) is 30.5 Å². The lowest BCUT2D eigenvalue weighted by Gasteiger charge is -2.27. The highest BCUT2D eigenvalue weighted by molar-refractivity contribution is 6.30. The number of hydrogen-bond acceptors (Lipinski definition) is 4. The lowest BCUT2D eigenvalue weighted by Crippen LogP contribution is -2.36. The maximum atomic E-state index is 12.2. The molecule has 2 aromatic rings. The molecule has 6 nitrogen and oxygen atoms in total. The summed E-state index contributed by atoms with van der Waals surface area (Å²) >= 11 is 5.94. The van der Waals surface area contributed by atoms with E-state index in [0.717, 1.165) is 25.7 Å². The van der Waals surface area contributed by atoms with Crippen molar-refractivity contribution in [1.29, 1.82) is 0 Å². The van der Waals surface area contributed by atoms with Crippen molar-refractivity contribution in [3.8, 4) is 5.69 Å². The van der Waals surface area contributed by atoms with Crippen molar-refractivity contribution in [2.75, 3.05) is 6.54 Å². The first-order valence-corrected chi connectivity index (χ1v) is 8.16. The van der Waals surface area contributed by atoms with E-state index < -0.39 is 0 Å². The van der Waals surface area contributed by atoms with Crippen molar-refractivity contribution < 1.29 is 9.90 Å². The zero-order valence-electron chi connectivity index (χ0n) is 12.7. The van der Waals surface area contributed by atoms with Gasteiger partial charge in [-0.2, -0.15) is 9.90 Å². The quantitative estimate of drug-likeness (QED) is 0.898. The molecule has 3 rings (SSSR count). The lowest BCUT2D eigenvalue weighted by molar-refractivity contribution is 0.0661. The van der Waals surface area contributed by atoms with Crippen LogP contribution in [-0.4, -0.2) is 38.7 Å². The summed E-state index contributed by atoms with van der Waals surface area (Å²) in [5.41, 5.74) is 0.939. The molecule has 1 aliphatic carbocycles. The number of hydrogen-bond donors (Lipinski definition) is 2. The Balaban J connectivity index is 1.62. The molecule has 0 aliphatic heterocycles. The van der Waals surface area contributed by atoms with Gasteiger partial charge >= 0.3 is 0 Å². The van der Waals surface area contributed by atoms with Crippen LogP contribution in [0.2, 0.25) is 5.02 Å². The van der Waals surface area contributed by atoms with E-state index in [-0.39, 0.29) is 23.6 Å². The first-order valence-electron chi connectivity index (χ1n) is 7.78. The number of halogens is 1. The van der Waals surface area contributed by atoms with E-state index in [1.165, 1.54) is 11.0 Å². The van der Waals surface area contributed by atoms with Crippen LogP contribution < -0.4 is 5.32 Å². The number of carbonyl (C=O) groups is 1. The maximum absolute atomic E-state index is 12.2. The Hall–Kier alpha value is -1.92. The van der Waals surface area contributed by atoms with Gasteiger partial charge in [0.1, 0.15) is 0 Å². The van der Waals surface area contributed by atoms with Crippen LogP contribution in [0.4, 0.5) is 0 Å². The van der Waals surface area contributed by atoms with Gasteiger partial charge in [-0.15, -0.1) is 5.10 Å². The highest BCUT2D eigenvalue weighted by Crippen LogP contribution is 2.23. The molecule has 0 saturated heterocycles. The van der Waals surface area contributed by atoms with Crippen molar-refractivity contribution in [1.82, 2.24) is 20.3 Å². The molecule has 7 heteroatoms. The van der Waals surface area contributed by atoms with Gasteiger partial charge in [0, 0.05) is 17.5 Å². The summed E-state index contributed by atoms with van der Waals surface area (Å²) in [6.45, 7) is 0.462. The standard InChI is InChI=1S/C16H19ClN4O2/c17-12-5-3-6-13(8-12)21-19-10-14(20-21)16(23)18-9-11-4-1-2-7-15(11)22/h3,5-6,8,10-11,15,22H,1-2,4,7,9H2,(H,18,23). The fraction of sp³-hybridized carbons (Fsp3) is 0.438. The fourth-order valence-corrected chi connectivity index (χ4v) is 3.02. The Morgan fingerprint density at radius 2 is 2.22 bits per heavy atom. The van der Waals surface area contributed by atoms with Crippen LogP contribution in [0.3, 0.4) is 0 Å². The normalized spacial score (nSPS) is 21.1. The topological polar surface area (TPSA) is 80.0 Å². The second-order valence-corrected chi connectivity index (χ2v) is 6.26. The minimum atomic E-state index is -0.328. The van der Waals surface area contributed by atoms with Crippen molar-refractivity contribution in [3.63, 3.8) is 0 Å². The predicted molar refractivity (Wildman–Crippen MR) is 86.7 cm³/mol. The monoisotopic (exact) mass is 334 g/mol. The first kappa shape index (κ1) is 16.0. The second-order valence-electron chi connectivity index (χ2n) is 5.82. The Kier molecular flexibility index (Phi) is 4.93. The molecule has 2 atom stereocenters. The van der Waals surface area contributed by atoms with Gasteiger partial charge in [0.2, 0.25) is 0 Å². The molecule has 2 N–H and O–H groups in total. The van der Waals surface area contributed by atoms with E-state index in [1.807, 2.05) is 6.07 Å². The van der Waals surface area contributed by atoms with E-state index in [4.69, 9.17) is 11.6 Å². The molecule has 1 amide bonds. The first-order chi connectivity index (χ1) is 11.1. The van der Waals surface area contributed by atoms with Crippen molar-refractivity contribution in [2.45, 2.75) is 31.8 Å². The summed E-state index contributed by atoms with van der Waals surface area (Å²) in [5, 5.41) is 21.6. The number of aliphatic hydroxyl groups excluding tert-OH is 1. The van der Waals surface area contributed by atoms with Crippen molar-refractivity contribution >= 4 is 17.5 Å². The number of aromatic nitrogens is 3. The van der Waals surface area contributed by atoms with Crippen LogP contribution in [0.15, 0.2) is 30.5 Å². The largest absolute Gasteiger partial charge is 0.393 e. The van der Waals surface area contributed by atoms with Gasteiger partial charge in [0.25, 0.3) is 5.91 Å². The predicted octanol–water partition coefficient (Wildman–Crippen LogP) is 2.20. The van der Waals surface area contributed by atoms with Crippen molar-refractivity contribution in [2.24, 2.45) is 5.92 Å². The third kappa shape index (κ3) is 3.89. The van der Waals surface area contributed by atoms with Crippen LogP contribution in [0.25, 0.3) is 5.69 Å². The number of nitrogens with one attached hydrogen (secondary N) is 1. The highest BCUT2D eigenvalue weighted by Gasteiger charge is 2.24. The molecule has 2 unspecified atom stereocenters. The average Bonchev–Trinajstić information content (AvgIpc) is 3.04. The van der Waals surface area contributed by atoms with Crippen LogP contribution in [-0.2, 0) is 0 Å². The number of carbonyl (C=O) groups excluding carboxylic acids is 1. The molecule has 23 heavy (non-hydrogen) atoms. The molecule has 0 spiro atoms. The van der Waals surface area contributed by atoms with Crippen LogP contribution in [0.1, 0.15) is 36.2 Å². The van der Waals surface area contributed by atoms with Gasteiger partial charge in [0.15, 0.2) is 5.69 Å². The molecule has 1 aromatic carbocycles. The lowest BCUT2D eigenvalue weighted by atomic mass is 9.86. The molecule has 1 fully saturated rings. The molecule has 1 saturated carbocycles. The summed E-state index contributed by atoms with van der Waals surface area (Å²) < 4.78 is 0. The van der Waals surface area contributed by atoms with E-state index >= 15 is 0 Å². The van der Waals surface area contributed by atoms with Crippen LogP contribution in [0.5, 0.6) is 0 Å². The number of rotatable bonds is 4. The zero-order valence-corrected chi connectivity index (χ0v) is 13.4. The van der Waals surface area contributed by atoms with Crippen molar-refractivity contribution in [3.05, 3.63) is 41.2 Å². The molecule has 1 aliphatic rings. The van der Waals surface area contributed by atoms with E-state index in [2.05, 4.69) is 15.5 Å². The van der Waals surface area contributed by atoms with Gasteiger partial charge in [-0.3, -0.25) is 4.79 Å². The van der Waals surface area contributed by atoms with Gasteiger partial charge in [-0.05, 0) is 31.0 Å². The van der Waals surface area contributed by atoms with Gasteiger partial charge in [-0.25, -0.2) is 0 Å². The number of aliphatic hydroxyl groups is 1. The number of benzene rings is 1. The molecule has 0 radical (unpaired) electrons. The minimum absolute atomic E-state index is 0.121. The maximum Gasteiger partial charge on any atom is 0.273 e. The summed E-state index contributed by atoms with van der Waals surface area (Å²) in [6, 6.07) is 7.09. The minimum Gasteiger partial charge on any atom is -0.393 e. The number of nitrogens with zero attached hydrogens (tertiary/aromatic N) is 3. The Morgan fingerprint density at radius 1 is 1.39 bits per heavy atom. The average molecular weight is 335 g/mol. The molecular weight excluding hydrogens is 316 g/mol. The second kappa shape index (κ2) is 7.10. The van der Waals surface area contributed by atoms with Crippen LogP contribution in [0, 0.1) is 5.92 Å². The fourth-order valence-electron chi connectivity index (χ4n) is 2.83. The summed E-state index contributed by atoms with van der Waals surface area (Å²) in [5.74, 6) is -0.160. The van der Waals surface area contributed by atoms with Gasteiger partial charge < -0.3 is 10.4 Å². The van der Waals surface area contributed by atoms with Crippen LogP contribution >= 0.6 is 11.6 Å².